The van der Waals surface area contributed by atoms with Crippen LogP contribution in [0.3, 0.4) is 0 Å². The molecule has 0 saturated heterocycles. The second kappa shape index (κ2) is 6.42. The number of fused-ring (bicyclic) bond motifs is 4. The number of hydrogen-bond donors (Lipinski definition) is 1. The van der Waals surface area contributed by atoms with Gasteiger partial charge in [-0.1, -0.05) is 66.7 Å². The van der Waals surface area contributed by atoms with E-state index in [4.69, 9.17) is 0 Å². The van der Waals surface area contributed by atoms with E-state index in [1.165, 1.54) is 50.0 Å². The molecule has 1 aliphatic carbocycles. The molecule has 0 radical (unpaired) electrons. The summed E-state index contributed by atoms with van der Waals surface area (Å²) in [7, 11) is 2.16. The van der Waals surface area contributed by atoms with Crippen molar-refractivity contribution in [3.8, 4) is 22.3 Å². The van der Waals surface area contributed by atoms with Gasteiger partial charge in [0.25, 0.3) is 0 Å². The average Bonchev–Trinajstić information content (AvgIpc) is 3.22. The first-order valence-electron chi connectivity index (χ1n) is 10.9. The zero-order chi connectivity index (χ0) is 21.2. The number of nitrogens with one attached hydrogen (secondary N) is 1. The highest BCUT2D eigenvalue weighted by Gasteiger charge is 2.42. The Morgan fingerprint density at radius 2 is 1.42 bits per heavy atom. The summed E-state index contributed by atoms with van der Waals surface area (Å²) >= 11 is 0. The van der Waals surface area contributed by atoms with E-state index in [1.54, 1.807) is 0 Å². The summed E-state index contributed by atoms with van der Waals surface area (Å²) in [6, 6.07) is 28.5. The minimum Gasteiger partial charge on any atom is -0.361 e. The number of benzene rings is 4. The highest BCUT2D eigenvalue weighted by molar-refractivity contribution is 6.18. The van der Waals surface area contributed by atoms with Crippen molar-refractivity contribution in [3.63, 3.8) is 0 Å². The van der Waals surface area contributed by atoms with Gasteiger partial charge in [0.1, 0.15) is 7.05 Å². The van der Waals surface area contributed by atoms with Crippen LogP contribution < -0.4 is 5.32 Å². The maximum atomic E-state index is 3.58. The van der Waals surface area contributed by atoms with Crippen LogP contribution in [0.25, 0.3) is 33.0 Å². The lowest BCUT2D eigenvalue weighted by Crippen LogP contribution is -2.26. The SMILES string of the molecule is C[N+]1=C(/C=C\Nc2ccc3c4c(cccc24)-c2ccccc2-3)C(C)(C)c2ccccc21. The number of anilines is 1. The van der Waals surface area contributed by atoms with Crippen molar-refractivity contribution < 1.29 is 4.58 Å². The third-order valence-corrected chi connectivity index (χ3v) is 6.97. The number of rotatable bonds is 3. The Labute approximate surface area is 183 Å². The van der Waals surface area contributed by atoms with Crippen molar-refractivity contribution >= 4 is 27.9 Å². The fraction of sp³-hybridized carbons (Fsp3) is 0.138. The van der Waals surface area contributed by atoms with Crippen LogP contribution in [0.2, 0.25) is 0 Å². The van der Waals surface area contributed by atoms with Crippen molar-refractivity contribution in [2.24, 2.45) is 0 Å². The first kappa shape index (κ1) is 18.1. The fourth-order valence-corrected chi connectivity index (χ4v) is 5.45. The predicted octanol–water partition coefficient (Wildman–Crippen LogP) is 7.12. The molecule has 0 bridgehead atoms. The molecular weight excluding hydrogens is 376 g/mol. The highest BCUT2D eigenvalue weighted by Crippen LogP contribution is 2.48. The molecule has 2 aliphatic rings. The van der Waals surface area contributed by atoms with Crippen LogP contribution in [0.1, 0.15) is 19.4 Å². The Hall–Kier alpha value is -3.65. The Morgan fingerprint density at radius 3 is 2.19 bits per heavy atom. The molecule has 2 nitrogen and oxygen atoms in total. The maximum absolute atomic E-state index is 3.58. The molecule has 4 aromatic rings. The number of nitrogens with zero attached hydrogens (tertiary/aromatic N) is 1. The van der Waals surface area contributed by atoms with Crippen molar-refractivity contribution in [2.45, 2.75) is 19.3 Å². The normalized spacial score (nSPS) is 15.6. The topological polar surface area (TPSA) is 15.0 Å². The molecule has 0 saturated carbocycles. The van der Waals surface area contributed by atoms with Crippen LogP contribution in [0, 0.1) is 0 Å². The van der Waals surface area contributed by atoms with E-state index in [2.05, 4.69) is 122 Å². The molecule has 150 valence electrons. The highest BCUT2D eigenvalue weighted by atomic mass is 15.0. The van der Waals surface area contributed by atoms with Crippen LogP contribution >= 0.6 is 0 Å². The van der Waals surface area contributed by atoms with E-state index in [9.17, 15) is 0 Å². The van der Waals surface area contributed by atoms with E-state index < -0.39 is 0 Å². The van der Waals surface area contributed by atoms with Crippen molar-refractivity contribution in [3.05, 3.63) is 96.7 Å². The third-order valence-electron chi connectivity index (χ3n) is 6.97. The smallest absolute Gasteiger partial charge is 0.209 e. The minimum atomic E-state index is -0.0207. The van der Waals surface area contributed by atoms with Gasteiger partial charge in [0.05, 0.1) is 5.41 Å². The lowest BCUT2D eigenvalue weighted by Gasteiger charge is -2.15. The lowest BCUT2D eigenvalue weighted by atomic mass is 9.81. The largest absolute Gasteiger partial charge is 0.361 e. The third kappa shape index (κ3) is 2.48. The number of allylic oxidation sites excluding steroid dienone is 1. The molecular formula is C29H25N2+. The van der Waals surface area contributed by atoms with E-state index in [-0.39, 0.29) is 5.41 Å². The van der Waals surface area contributed by atoms with E-state index >= 15 is 0 Å². The molecule has 6 rings (SSSR count). The molecule has 0 aromatic heterocycles. The number of para-hydroxylation sites is 1. The molecule has 1 heterocycles. The molecule has 0 unspecified atom stereocenters. The van der Waals surface area contributed by atoms with E-state index in [0.29, 0.717) is 0 Å². The Morgan fingerprint density at radius 1 is 0.742 bits per heavy atom. The maximum Gasteiger partial charge on any atom is 0.209 e. The van der Waals surface area contributed by atoms with Gasteiger partial charge in [-0.05, 0) is 47.6 Å². The van der Waals surface area contributed by atoms with Gasteiger partial charge >= 0.3 is 0 Å². The van der Waals surface area contributed by atoms with E-state index in [0.717, 1.165) is 5.69 Å². The quantitative estimate of drug-likeness (QED) is 0.318. The van der Waals surface area contributed by atoms with Crippen LogP contribution in [0.4, 0.5) is 11.4 Å². The first-order chi connectivity index (χ1) is 15.1. The molecule has 4 aromatic carbocycles. The molecule has 1 N–H and O–H groups in total. The van der Waals surface area contributed by atoms with Crippen LogP contribution in [-0.2, 0) is 5.41 Å². The van der Waals surface area contributed by atoms with Crippen LogP contribution in [0.5, 0.6) is 0 Å². The first-order valence-corrected chi connectivity index (χ1v) is 10.9. The summed E-state index contributed by atoms with van der Waals surface area (Å²) in [4.78, 5) is 0. The summed E-state index contributed by atoms with van der Waals surface area (Å²) in [5, 5.41) is 6.20. The fourth-order valence-electron chi connectivity index (χ4n) is 5.45. The van der Waals surface area contributed by atoms with Gasteiger partial charge in [-0.15, -0.1) is 0 Å². The summed E-state index contributed by atoms with van der Waals surface area (Å²) in [6.45, 7) is 4.59. The Bertz CT molecular complexity index is 1410. The zero-order valence-corrected chi connectivity index (χ0v) is 18.1. The number of hydrogen-bond acceptors (Lipinski definition) is 1. The predicted molar refractivity (Wildman–Crippen MR) is 131 cm³/mol. The summed E-state index contributed by atoms with van der Waals surface area (Å²) in [5.41, 5.74) is 10.4. The molecule has 0 fully saturated rings. The summed E-state index contributed by atoms with van der Waals surface area (Å²) < 4.78 is 2.30. The van der Waals surface area contributed by atoms with Crippen LogP contribution in [0.15, 0.2) is 91.1 Å². The van der Waals surface area contributed by atoms with Gasteiger partial charge in [-0.25, -0.2) is 0 Å². The Kier molecular flexibility index (Phi) is 3.76. The summed E-state index contributed by atoms with van der Waals surface area (Å²) in [6.07, 6.45) is 4.31. The van der Waals surface area contributed by atoms with Crippen molar-refractivity contribution in [1.29, 1.82) is 0 Å². The minimum absolute atomic E-state index is 0.0207. The van der Waals surface area contributed by atoms with Gasteiger partial charge in [0.2, 0.25) is 5.69 Å². The van der Waals surface area contributed by atoms with Crippen LogP contribution in [-0.4, -0.2) is 17.3 Å². The molecule has 0 atom stereocenters. The van der Waals surface area contributed by atoms with E-state index in [1.807, 2.05) is 0 Å². The van der Waals surface area contributed by atoms with Gasteiger partial charge < -0.3 is 5.32 Å². The standard InChI is InChI=1S/C29H24N2/c1-29(2)24-13-6-7-14-26(24)31(3)27(29)17-18-30-25-16-15-22-20-10-5-4-9-19(20)21-11-8-12-23(25)28(21)22/h4-18H,1-3H3/p+1. The zero-order valence-electron chi connectivity index (χ0n) is 18.1. The molecule has 0 amide bonds. The Balaban J connectivity index is 1.38. The second-order valence-corrected chi connectivity index (χ2v) is 9.00. The van der Waals surface area contributed by atoms with Gasteiger partial charge in [-0.3, -0.25) is 0 Å². The van der Waals surface area contributed by atoms with Crippen molar-refractivity contribution in [1.82, 2.24) is 0 Å². The van der Waals surface area contributed by atoms with Gasteiger partial charge in [0.15, 0.2) is 5.71 Å². The molecule has 0 spiro atoms. The molecule has 31 heavy (non-hydrogen) atoms. The molecule has 2 heteroatoms. The van der Waals surface area contributed by atoms with Crippen molar-refractivity contribution in [2.75, 3.05) is 12.4 Å². The second-order valence-electron chi connectivity index (χ2n) is 9.00. The van der Waals surface area contributed by atoms with Gasteiger partial charge in [-0.2, -0.15) is 4.58 Å². The lowest BCUT2D eigenvalue weighted by molar-refractivity contribution is -0.401. The van der Waals surface area contributed by atoms with Gasteiger partial charge in [0, 0.05) is 35.0 Å². The monoisotopic (exact) mass is 401 g/mol. The average molecular weight is 402 g/mol. The molecule has 1 aliphatic heterocycles. The summed E-state index contributed by atoms with van der Waals surface area (Å²) in [5.74, 6) is 0.